The Morgan fingerprint density at radius 3 is 2.50 bits per heavy atom. The number of cyclic esters (lactones) is 1. The molecular weight excluding hydrogens is 324 g/mol. The lowest BCUT2D eigenvalue weighted by Crippen LogP contribution is -2.28. The Bertz CT molecular complexity index is 740. The number of unbranched alkanes of at least 4 members (excludes halogenated alkanes) is 1. The van der Waals surface area contributed by atoms with Crippen molar-refractivity contribution in [1.29, 1.82) is 5.41 Å². The van der Waals surface area contributed by atoms with Gasteiger partial charge in [-0.25, -0.2) is 0 Å². The highest BCUT2D eigenvalue weighted by Crippen LogP contribution is 2.32. The smallest absolute Gasteiger partial charge is 0.306 e. The van der Waals surface area contributed by atoms with E-state index in [1.54, 1.807) is 0 Å². The number of nitrogen functional groups attached to an aromatic ring is 1. The third kappa shape index (κ3) is 4.94. The molecular formula is C22H26N2O2. The fourth-order valence-corrected chi connectivity index (χ4v) is 3.59. The maximum Gasteiger partial charge on any atom is 0.306 e. The lowest BCUT2D eigenvalue weighted by molar-refractivity contribution is -0.155. The molecule has 0 radical (unpaired) electrons. The summed E-state index contributed by atoms with van der Waals surface area (Å²) in [5, 5.41) is 7.42. The summed E-state index contributed by atoms with van der Waals surface area (Å²) in [7, 11) is 0. The zero-order valence-electron chi connectivity index (χ0n) is 15.0. The van der Waals surface area contributed by atoms with Gasteiger partial charge in [-0.05, 0) is 49.1 Å². The molecule has 4 heteroatoms. The van der Waals surface area contributed by atoms with Crippen molar-refractivity contribution in [3.8, 4) is 0 Å². The Kier molecular flexibility index (Phi) is 6.05. The first-order chi connectivity index (χ1) is 12.6. The Morgan fingerprint density at radius 2 is 1.81 bits per heavy atom. The average molecular weight is 350 g/mol. The molecule has 2 atom stereocenters. The van der Waals surface area contributed by atoms with Gasteiger partial charge in [0, 0.05) is 5.56 Å². The first-order valence-electron chi connectivity index (χ1n) is 9.29. The van der Waals surface area contributed by atoms with Crippen LogP contribution in [0.5, 0.6) is 0 Å². The molecule has 1 aliphatic heterocycles. The molecule has 1 heterocycles. The topological polar surface area (TPSA) is 76.2 Å². The summed E-state index contributed by atoms with van der Waals surface area (Å²) in [4.78, 5) is 11.9. The Labute approximate surface area is 154 Å². The van der Waals surface area contributed by atoms with Crippen molar-refractivity contribution < 1.29 is 9.53 Å². The fraction of sp³-hybridized carbons (Fsp3) is 0.364. The molecule has 0 aliphatic carbocycles. The zero-order chi connectivity index (χ0) is 18.4. The predicted molar refractivity (Wildman–Crippen MR) is 103 cm³/mol. The summed E-state index contributed by atoms with van der Waals surface area (Å²) < 4.78 is 5.56. The molecule has 3 rings (SSSR count). The van der Waals surface area contributed by atoms with Gasteiger partial charge in [-0.3, -0.25) is 10.2 Å². The number of carbonyl (C=O) groups excluding carboxylic acids is 1. The highest BCUT2D eigenvalue weighted by atomic mass is 16.5. The number of esters is 1. The molecule has 1 fully saturated rings. The summed E-state index contributed by atoms with van der Waals surface area (Å²) >= 11 is 0. The molecule has 0 spiro atoms. The highest BCUT2D eigenvalue weighted by molar-refractivity contribution is 5.94. The summed E-state index contributed by atoms with van der Waals surface area (Å²) in [5.74, 6) is 0.306. The lowest BCUT2D eigenvalue weighted by Gasteiger charge is -2.29. The van der Waals surface area contributed by atoms with Gasteiger partial charge in [-0.2, -0.15) is 0 Å². The molecule has 3 N–H and O–H groups in total. The van der Waals surface area contributed by atoms with Crippen molar-refractivity contribution in [2.45, 2.75) is 50.5 Å². The van der Waals surface area contributed by atoms with Gasteiger partial charge in [0.15, 0.2) is 0 Å². The van der Waals surface area contributed by atoms with E-state index in [4.69, 9.17) is 15.9 Å². The van der Waals surface area contributed by atoms with Crippen LogP contribution in [0.15, 0.2) is 54.6 Å². The van der Waals surface area contributed by atoms with E-state index < -0.39 is 0 Å². The van der Waals surface area contributed by atoms with Crippen molar-refractivity contribution in [3.63, 3.8) is 0 Å². The number of hydrogen-bond donors (Lipinski definition) is 2. The molecule has 136 valence electrons. The van der Waals surface area contributed by atoms with Crippen molar-refractivity contribution in [1.82, 2.24) is 0 Å². The number of hydrogen-bond acceptors (Lipinski definition) is 3. The summed E-state index contributed by atoms with van der Waals surface area (Å²) in [5.41, 5.74) is 8.72. The number of nitrogens with one attached hydrogen (secondary N) is 1. The minimum absolute atomic E-state index is 0.0292. The van der Waals surface area contributed by atoms with E-state index in [1.807, 2.05) is 42.5 Å². The van der Waals surface area contributed by atoms with Gasteiger partial charge in [0.05, 0.1) is 6.42 Å². The number of rotatable bonds is 7. The van der Waals surface area contributed by atoms with Gasteiger partial charge >= 0.3 is 5.97 Å². The molecule has 4 nitrogen and oxygen atoms in total. The van der Waals surface area contributed by atoms with E-state index in [0.717, 1.165) is 37.7 Å². The van der Waals surface area contributed by atoms with Crippen molar-refractivity contribution in [3.05, 3.63) is 71.3 Å². The minimum atomic E-state index is -0.0741. The van der Waals surface area contributed by atoms with E-state index >= 15 is 0 Å². The van der Waals surface area contributed by atoms with E-state index in [2.05, 4.69) is 12.1 Å². The first kappa shape index (κ1) is 18.2. The molecule has 0 bridgehead atoms. The predicted octanol–water partition coefficient (Wildman–Crippen LogP) is 4.17. The molecule has 0 saturated carbocycles. The molecule has 1 aliphatic rings. The number of ether oxygens (including phenoxy) is 1. The molecule has 2 aromatic rings. The maximum atomic E-state index is 11.9. The summed E-state index contributed by atoms with van der Waals surface area (Å²) in [6.07, 6.45) is 5.44. The maximum absolute atomic E-state index is 11.9. The summed E-state index contributed by atoms with van der Waals surface area (Å²) in [6.45, 7) is 0. The zero-order valence-corrected chi connectivity index (χ0v) is 15.0. The van der Waals surface area contributed by atoms with Crippen LogP contribution in [0, 0.1) is 5.41 Å². The number of carbonyl (C=O) groups is 1. The van der Waals surface area contributed by atoms with Gasteiger partial charge in [0.2, 0.25) is 0 Å². The molecule has 2 unspecified atom stereocenters. The molecule has 2 aromatic carbocycles. The average Bonchev–Trinajstić information content (AvgIpc) is 2.66. The van der Waals surface area contributed by atoms with Crippen molar-refractivity contribution in [2.75, 3.05) is 0 Å². The number of nitrogens with two attached hydrogens (primary N) is 1. The van der Waals surface area contributed by atoms with Gasteiger partial charge in [-0.1, -0.05) is 54.6 Å². The van der Waals surface area contributed by atoms with Crippen molar-refractivity contribution in [2.24, 2.45) is 5.73 Å². The van der Waals surface area contributed by atoms with Crippen LogP contribution < -0.4 is 5.73 Å². The minimum Gasteiger partial charge on any atom is -0.462 e. The third-order valence-electron chi connectivity index (χ3n) is 5.04. The monoisotopic (exact) mass is 350 g/mol. The van der Waals surface area contributed by atoms with Crippen LogP contribution in [0.25, 0.3) is 0 Å². The van der Waals surface area contributed by atoms with Crippen LogP contribution in [0.4, 0.5) is 0 Å². The Hall–Kier alpha value is -2.62. The van der Waals surface area contributed by atoms with Crippen LogP contribution in [-0.4, -0.2) is 17.9 Å². The van der Waals surface area contributed by atoms with Gasteiger partial charge in [0.1, 0.15) is 11.9 Å². The Morgan fingerprint density at radius 1 is 1.08 bits per heavy atom. The van der Waals surface area contributed by atoms with Crippen LogP contribution >= 0.6 is 0 Å². The SMILES string of the molecule is N=C(N)c1ccc(CCCCC2CC(c3ccccc3)CC(=O)O2)cc1. The van der Waals surface area contributed by atoms with Crippen LogP contribution in [-0.2, 0) is 16.0 Å². The quantitative estimate of drug-likeness (QED) is 0.340. The van der Waals surface area contributed by atoms with E-state index in [9.17, 15) is 4.79 Å². The normalized spacial score (nSPS) is 19.8. The van der Waals surface area contributed by atoms with Gasteiger partial charge in [-0.15, -0.1) is 0 Å². The van der Waals surface area contributed by atoms with Crippen LogP contribution in [0.3, 0.4) is 0 Å². The van der Waals surface area contributed by atoms with E-state index in [-0.39, 0.29) is 23.8 Å². The lowest BCUT2D eigenvalue weighted by atomic mass is 9.87. The van der Waals surface area contributed by atoms with E-state index in [1.165, 1.54) is 11.1 Å². The van der Waals surface area contributed by atoms with Crippen LogP contribution in [0.1, 0.15) is 54.7 Å². The first-order valence-corrected chi connectivity index (χ1v) is 9.29. The highest BCUT2D eigenvalue weighted by Gasteiger charge is 2.29. The number of amidine groups is 1. The Balaban J connectivity index is 1.45. The summed E-state index contributed by atoms with van der Waals surface area (Å²) in [6, 6.07) is 18.1. The second-order valence-corrected chi connectivity index (χ2v) is 7.02. The number of benzene rings is 2. The molecule has 0 amide bonds. The van der Waals surface area contributed by atoms with Crippen molar-refractivity contribution >= 4 is 11.8 Å². The van der Waals surface area contributed by atoms with Crippen LogP contribution in [0.2, 0.25) is 0 Å². The molecule has 1 saturated heterocycles. The fourth-order valence-electron chi connectivity index (χ4n) is 3.59. The van der Waals surface area contributed by atoms with Gasteiger partial charge in [0.25, 0.3) is 0 Å². The molecule has 26 heavy (non-hydrogen) atoms. The second-order valence-electron chi connectivity index (χ2n) is 7.02. The number of aryl methyl sites for hydroxylation is 1. The second kappa shape index (κ2) is 8.65. The standard InChI is InChI=1S/C22H26N2O2/c23-22(24)18-12-10-16(11-13-18)6-4-5-9-20-14-19(15-21(25)26-20)17-7-2-1-3-8-17/h1-3,7-8,10-13,19-20H,4-6,9,14-15H2,(H3,23,24). The van der Waals surface area contributed by atoms with Gasteiger partial charge < -0.3 is 10.5 Å². The van der Waals surface area contributed by atoms with E-state index in [0.29, 0.717) is 6.42 Å². The largest absolute Gasteiger partial charge is 0.462 e. The third-order valence-corrected chi connectivity index (χ3v) is 5.04. The molecule has 0 aromatic heterocycles.